The van der Waals surface area contributed by atoms with Crippen LogP contribution in [-0.4, -0.2) is 18.5 Å². The van der Waals surface area contributed by atoms with Crippen molar-refractivity contribution in [2.75, 3.05) is 13.6 Å². The maximum atomic E-state index is 3.98. The van der Waals surface area contributed by atoms with Crippen molar-refractivity contribution >= 4 is 0 Å². The fraction of sp³-hybridized carbons (Fsp3) is 0.800. The third kappa shape index (κ3) is 4.07. The van der Waals surface area contributed by atoms with Crippen LogP contribution in [0.15, 0.2) is 12.3 Å². The summed E-state index contributed by atoms with van der Waals surface area (Å²) in [6.07, 6.45) is 5.26. The highest BCUT2D eigenvalue weighted by Gasteiger charge is 2.05. The minimum atomic E-state index is 1.20. The van der Waals surface area contributed by atoms with E-state index in [0.29, 0.717) is 0 Å². The van der Waals surface area contributed by atoms with Crippen molar-refractivity contribution in [3.63, 3.8) is 0 Å². The van der Waals surface area contributed by atoms with Gasteiger partial charge in [-0.3, -0.25) is 0 Å². The van der Waals surface area contributed by atoms with E-state index in [1.54, 1.807) is 0 Å². The second kappa shape index (κ2) is 6.26. The molecule has 1 saturated heterocycles. The van der Waals surface area contributed by atoms with Crippen LogP contribution in [0.25, 0.3) is 0 Å². The highest BCUT2D eigenvalue weighted by atomic mass is 15.1. The molecule has 0 aromatic rings. The van der Waals surface area contributed by atoms with Crippen molar-refractivity contribution in [2.45, 2.75) is 39.5 Å². The molecule has 1 aliphatic rings. The molecule has 1 heteroatoms. The summed E-state index contributed by atoms with van der Waals surface area (Å²) in [6.45, 7) is 9.19. The Hall–Kier alpha value is -0.460. The fourth-order valence-electron chi connectivity index (χ4n) is 1.20. The van der Waals surface area contributed by atoms with Gasteiger partial charge < -0.3 is 4.90 Å². The smallest absolute Gasteiger partial charge is 0.0171 e. The summed E-state index contributed by atoms with van der Waals surface area (Å²) in [5.41, 5.74) is 1.31. The zero-order valence-corrected chi connectivity index (χ0v) is 8.19. The highest BCUT2D eigenvalue weighted by molar-refractivity contribution is 4.93. The van der Waals surface area contributed by atoms with Gasteiger partial charge in [-0.25, -0.2) is 0 Å². The Labute approximate surface area is 71.1 Å². The molecule has 0 spiro atoms. The van der Waals surface area contributed by atoms with E-state index in [-0.39, 0.29) is 0 Å². The Morgan fingerprint density at radius 3 is 2.45 bits per heavy atom. The molecular formula is C10H21N. The first-order valence-corrected chi connectivity index (χ1v) is 4.69. The summed E-state index contributed by atoms with van der Waals surface area (Å²) in [5.74, 6) is 0. The van der Waals surface area contributed by atoms with Crippen molar-refractivity contribution in [2.24, 2.45) is 0 Å². The molecule has 1 aliphatic heterocycles. The van der Waals surface area contributed by atoms with Gasteiger partial charge >= 0.3 is 0 Å². The third-order valence-corrected chi connectivity index (χ3v) is 2.00. The highest BCUT2D eigenvalue weighted by Crippen LogP contribution is 2.15. The van der Waals surface area contributed by atoms with Crippen LogP contribution in [0.2, 0.25) is 0 Å². The number of hydrogen-bond acceptors (Lipinski definition) is 1. The SMILES string of the molecule is C=C1CCCCCN1C.CC. The van der Waals surface area contributed by atoms with Crippen molar-refractivity contribution in [1.82, 2.24) is 4.90 Å². The molecule has 0 N–H and O–H groups in total. The molecule has 11 heavy (non-hydrogen) atoms. The lowest BCUT2D eigenvalue weighted by molar-refractivity contribution is 0.419. The monoisotopic (exact) mass is 155 g/mol. The Morgan fingerprint density at radius 1 is 1.18 bits per heavy atom. The van der Waals surface area contributed by atoms with Crippen molar-refractivity contribution in [3.05, 3.63) is 12.3 Å². The van der Waals surface area contributed by atoms with Gasteiger partial charge in [0.15, 0.2) is 0 Å². The maximum absolute atomic E-state index is 3.98. The van der Waals surface area contributed by atoms with Gasteiger partial charge in [0.2, 0.25) is 0 Å². The Balaban J connectivity index is 0.000000461. The molecule has 0 amide bonds. The van der Waals surface area contributed by atoms with Crippen LogP contribution in [0, 0.1) is 0 Å². The first-order valence-electron chi connectivity index (χ1n) is 4.69. The zero-order valence-electron chi connectivity index (χ0n) is 8.19. The first kappa shape index (κ1) is 10.5. The molecule has 1 rings (SSSR count). The van der Waals surface area contributed by atoms with Gasteiger partial charge in [-0.1, -0.05) is 26.8 Å². The summed E-state index contributed by atoms with van der Waals surface area (Å²) >= 11 is 0. The molecule has 0 aromatic carbocycles. The van der Waals surface area contributed by atoms with E-state index in [1.807, 2.05) is 13.8 Å². The van der Waals surface area contributed by atoms with Crippen LogP contribution in [-0.2, 0) is 0 Å². The van der Waals surface area contributed by atoms with E-state index < -0.39 is 0 Å². The lowest BCUT2D eigenvalue weighted by Gasteiger charge is -2.17. The van der Waals surface area contributed by atoms with E-state index in [2.05, 4.69) is 18.5 Å². The normalized spacial score (nSPS) is 18.5. The summed E-state index contributed by atoms with van der Waals surface area (Å²) in [6, 6.07) is 0. The quantitative estimate of drug-likeness (QED) is 0.519. The Morgan fingerprint density at radius 2 is 1.82 bits per heavy atom. The predicted octanol–water partition coefficient (Wildman–Crippen LogP) is 3.03. The Kier molecular flexibility index (Phi) is 6.00. The number of hydrogen-bond donors (Lipinski definition) is 0. The molecule has 0 saturated carbocycles. The van der Waals surface area contributed by atoms with Gasteiger partial charge in [-0.15, -0.1) is 0 Å². The predicted molar refractivity (Wildman–Crippen MR) is 51.6 cm³/mol. The lowest BCUT2D eigenvalue weighted by Crippen LogP contribution is -2.15. The number of likely N-dealkylation sites (tertiary alicyclic amines) is 1. The molecule has 0 radical (unpaired) electrons. The molecule has 0 unspecified atom stereocenters. The zero-order chi connectivity index (χ0) is 8.69. The summed E-state index contributed by atoms with van der Waals surface area (Å²) in [7, 11) is 2.13. The molecule has 0 bridgehead atoms. The summed E-state index contributed by atoms with van der Waals surface area (Å²) in [5, 5.41) is 0. The number of allylic oxidation sites excluding steroid dienone is 1. The van der Waals surface area contributed by atoms with Crippen LogP contribution < -0.4 is 0 Å². The minimum absolute atomic E-state index is 1.20. The van der Waals surface area contributed by atoms with Crippen LogP contribution in [0.1, 0.15) is 39.5 Å². The van der Waals surface area contributed by atoms with Gasteiger partial charge in [0.25, 0.3) is 0 Å². The average molecular weight is 155 g/mol. The van der Waals surface area contributed by atoms with Gasteiger partial charge in [-0.2, -0.15) is 0 Å². The Bertz CT molecular complexity index is 107. The minimum Gasteiger partial charge on any atom is -0.378 e. The molecule has 1 fully saturated rings. The molecule has 0 aliphatic carbocycles. The second-order valence-corrected chi connectivity index (χ2v) is 2.80. The van der Waals surface area contributed by atoms with E-state index in [0.717, 1.165) is 0 Å². The first-order chi connectivity index (χ1) is 5.30. The standard InChI is InChI=1S/C8H15N.C2H6/c1-8-6-4-3-5-7-9(8)2;1-2/h1,3-7H2,2H3;1-2H3. The van der Waals surface area contributed by atoms with E-state index in [4.69, 9.17) is 0 Å². The maximum Gasteiger partial charge on any atom is 0.0171 e. The average Bonchev–Trinajstić information content (AvgIpc) is 2.22. The molecule has 0 aromatic heterocycles. The largest absolute Gasteiger partial charge is 0.378 e. The molecule has 1 heterocycles. The topological polar surface area (TPSA) is 3.24 Å². The van der Waals surface area contributed by atoms with Crippen LogP contribution in [0.3, 0.4) is 0 Å². The fourth-order valence-corrected chi connectivity index (χ4v) is 1.20. The van der Waals surface area contributed by atoms with Crippen molar-refractivity contribution in [1.29, 1.82) is 0 Å². The van der Waals surface area contributed by atoms with Crippen molar-refractivity contribution < 1.29 is 0 Å². The molecule has 0 atom stereocenters. The van der Waals surface area contributed by atoms with E-state index in [1.165, 1.54) is 37.9 Å². The molecule has 1 nitrogen and oxygen atoms in total. The number of nitrogens with zero attached hydrogens (tertiary/aromatic N) is 1. The summed E-state index contributed by atoms with van der Waals surface area (Å²) < 4.78 is 0. The van der Waals surface area contributed by atoms with Crippen LogP contribution in [0.5, 0.6) is 0 Å². The molecular weight excluding hydrogens is 134 g/mol. The third-order valence-electron chi connectivity index (χ3n) is 2.00. The van der Waals surface area contributed by atoms with Gasteiger partial charge in [0, 0.05) is 19.3 Å². The molecule has 66 valence electrons. The van der Waals surface area contributed by atoms with Gasteiger partial charge in [0.1, 0.15) is 0 Å². The van der Waals surface area contributed by atoms with Gasteiger partial charge in [-0.05, 0) is 19.3 Å². The van der Waals surface area contributed by atoms with Crippen LogP contribution in [0.4, 0.5) is 0 Å². The van der Waals surface area contributed by atoms with Crippen LogP contribution >= 0.6 is 0 Å². The van der Waals surface area contributed by atoms with E-state index in [9.17, 15) is 0 Å². The second-order valence-electron chi connectivity index (χ2n) is 2.80. The van der Waals surface area contributed by atoms with Crippen molar-refractivity contribution in [3.8, 4) is 0 Å². The number of rotatable bonds is 0. The van der Waals surface area contributed by atoms with E-state index >= 15 is 0 Å². The lowest BCUT2D eigenvalue weighted by atomic mass is 10.2. The van der Waals surface area contributed by atoms with Gasteiger partial charge in [0.05, 0.1) is 0 Å². The summed E-state index contributed by atoms with van der Waals surface area (Å²) in [4.78, 5) is 2.27.